The summed E-state index contributed by atoms with van der Waals surface area (Å²) < 4.78 is 57.2. The molecule has 4 rings (SSSR count). The van der Waals surface area contributed by atoms with Crippen LogP contribution in [0, 0.1) is 12.3 Å². The van der Waals surface area contributed by atoms with Crippen molar-refractivity contribution in [3.8, 4) is 12.3 Å². The molecule has 1 aromatic heterocycles. The Bertz CT molecular complexity index is 1270. The van der Waals surface area contributed by atoms with Crippen LogP contribution in [-0.4, -0.2) is 73.5 Å². The topological polar surface area (TPSA) is 85.3 Å². The highest BCUT2D eigenvalue weighted by Gasteiger charge is 2.49. The van der Waals surface area contributed by atoms with Crippen LogP contribution in [-0.2, 0) is 20.4 Å². The Morgan fingerprint density at radius 1 is 1.23 bits per heavy atom. The molecule has 0 spiro atoms. The maximum Gasteiger partial charge on any atom is 0.416 e. The van der Waals surface area contributed by atoms with Crippen LogP contribution >= 0.6 is 0 Å². The Hall–Kier alpha value is -3.72. The summed E-state index contributed by atoms with van der Waals surface area (Å²) in [6.07, 6.45) is 4.24. The molecule has 1 saturated heterocycles. The molecular formula is C28H29F3N4O4. The number of hydrogen-bond acceptors (Lipinski definition) is 7. The number of rotatable bonds is 8. The van der Waals surface area contributed by atoms with E-state index in [9.17, 15) is 18.0 Å². The Balaban J connectivity index is 1.75. The molecule has 1 N–H and O–H groups in total. The Kier molecular flexibility index (Phi) is 9.01. The van der Waals surface area contributed by atoms with Crippen LogP contribution < -0.4 is 5.32 Å². The normalized spacial score (nSPS) is 20.2. The van der Waals surface area contributed by atoms with Gasteiger partial charge in [0.05, 0.1) is 25.4 Å². The van der Waals surface area contributed by atoms with Crippen molar-refractivity contribution in [2.75, 3.05) is 46.1 Å². The lowest BCUT2D eigenvalue weighted by Gasteiger charge is -2.47. The number of benzene rings is 1. The van der Waals surface area contributed by atoms with Crippen molar-refractivity contribution in [2.45, 2.75) is 25.2 Å². The first-order valence-corrected chi connectivity index (χ1v) is 12.4. The fraction of sp³-hybridized carbons (Fsp3) is 0.393. The second kappa shape index (κ2) is 12.4. The Labute approximate surface area is 224 Å². The summed E-state index contributed by atoms with van der Waals surface area (Å²) >= 11 is 0. The summed E-state index contributed by atoms with van der Waals surface area (Å²) in [6.45, 7) is 3.87. The summed E-state index contributed by atoms with van der Waals surface area (Å²) in [5.41, 5.74) is -0.0767. The minimum Gasteiger partial charge on any atom is -0.476 e. The number of allylic oxidation sites excluding steroid dienone is 1. The number of aliphatic imine (C=N–C) groups is 1. The number of carbonyl (C=O) groups excluding carboxylic acids is 1. The first-order chi connectivity index (χ1) is 18.7. The molecule has 3 heterocycles. The molecule has 1 atom stereocenters. The highest BCUT2D eigenvalue weighted by molar-refractivity contribution is 6.01. The van der Waals surface area contributed by atoms with Gasteiger partial charge in [0, 0.05) is 43.2 Å². The van der Waals surface area contributed by atoms with Gasteiger partial charge in [0.2, 0.25) is 5.90 Å². The SMILES string of the molecule is C#CCOCCOC1=NC(C)=C(c2cccnc2)CC1(NC(=O)c1cccc(C(F)(F)F)c1)N1CCOCC1. The van der Waals surface area contributed by atoms with E-state index in [1.165, 1.54) is 12.1 Å². The van der Waals surface area contributed by atoms with Gasteiger partial charge in [-0.25, -0.2) is 4.99 Å². The predicted molar refractivity (Wildman–Crippen MR) is 139 cm³/mol. The number of amides is 1. The lowest BCUT2D eigenvalue weighted by atomic mass is 9.88. The van der Waals surface area contributed by atoms with Gasteiger partial charge in [-0.1, -0.05) is 18.1 Å². The maximum atomic E-state index is 13.6. The molecule has 1 amide bonds. The summed E-state index contributed by atoms with van der Waals surface area (Å²) in [7, 11) is 0. The van der Waals surface area contributed by atoms with Gasteiger partial charge in [0.1, 0.15) is 13.2 Å². The summed E-state index contributed by atoms with van der Waals surface area (Å²) in [4.78, 5) is 24.6. The van der Waals surface area contributed by atoms with Crippen LogP contribution in [0.3, 0.4) is 0 Å². The van der Waals surface area contributed by atoms with Crippen molar-refractivity contribution in [3.63, 3.8) is 0 Å². The molecule has 2 aliphatic heterocycles. The summed E-state index contributed by atoms with van der Waals surface area (Å²) in [5, 5.41) is 3.00. The molecule has 8 nitrogen and oxygen atoms in total. The number of aromatic nitrogens is 1. The van der Waals surface area contributed by atoms with E-state index in [1.54, 1.807) is 18.5 Å². The smallest absolute Gasteiger partial charge is 0.416 e. The molecule has 0 radical (unpaired) electrons. The molecule has 1 aromatic carbocycles. The zero-order valence-electron chi connectivity index (χ0n) is 21.5. The number of hydrogen-bond donors (Lipinski definition) is 1. The lowest BCUT2D eigenvalue weighted by Crippen LogP contribution is -2.68. The number of morpholine rings is 1. The largest absolute Gasteiger partial charge is 0.476 e. The van der Waals surface area contributed by atoms with E-state index in [4.69, 9.17) is 25.6 Å². The average molecular weight is 543 g/mol. The third-order valence-electron chi connectivity index (χ3n) is 6.48. The molecule has 1 fully saturated rings. The molecule has 206 valence electrons. The average Bonchev–Trinajstić information content (AvgIpc) is 2.94. The number of halogens is 3. The third-order valence-corrected chi connectivity index (χ3v) is 6.48. The number of alkyl halides is 3. The minimum absolute atomic E-state index is 0.0987. The van der Waals surface area contributed by atoms with Gasteiger partial charge in [0.15, 0.2) is 5.66 Å². The van der Waals surface area contributed by atoms with Crippen LogP contribution in [0.2, 0.25) is 0 Å². The minimum atomic E-state index is -4.59. The van der Waals surface area contributed by atoms with Crippen LogP contribution in [0.15, 0.2) is 59.5 Å². The number of terminal acetylenes is 1. The quantitative estimate of drug-likeness (QED) is 0.404. The van der Waals surface area contributed by atoms with E-state index in [0.29, 0.717) is 32.0 Å². The van der Waals surface area contributed by atoms with Crippen molar-refractivity contribution < 1.29 is 32.2 Å². The Morgan fingerprint density at radius 2 is 2.03 bits per heavy atom. The highest BCUT2D eigenvalue weighted by Crippen LogP contribution is 2.37. The van der Waals surface area contributed by atoms with E-state index in [2.05, 4.69) is 16.2 Å². The van der Waals surface area contributed by atoms with Crippen molar-refractivity contribution in [1.82, 2.24) is 15.2 Å². The van der Waals surface area contributed by atoms with Crippen LogP contribution in [0.1, 0.15) is 34.8 Å². The molecule has 0 aliphatic carbocycles. The van der Waals surface area contributed by atoms with Gasteiger partial charge in [0.25, 0.3) is 5.91 Å². The first-order valence-electron chi connectivity index (χ1n) is 12.4. The van der Waals surface area contributed by atoms with Gasteiger partial charge in [-0.15, -0.1) is 6.42 Å². The molecule has 2 aromatic rings. The van der Waals surface area contributed by atoms with Gasteiger partial charge in [-0.2, -0.15) is 13.2 Å². The van der Waals surface area contributed by atoms with Crippen molar-refractivity contribution in [2.24, 2.45) is 4.99 Å². The molecular weight excluding hydrogens is 513 g/mol. The molecule has 39 heavy (non-hydrogen) atoms. The molecule has 1 unspecified atom stereocenters. The van der Waals surface area contributed by atoms with Crippen molar-refractivity contribution >= 4 is 17.4 Å². The van der Waals surface area contributed by atoms with Crippen LogP contribution in [0.25, 0.3) is 5.57 Å². The maximum absolute atomic E-state index is 13.6. The van der Waals surface area contributed by atoms with Crippen LogP contribution in [0.4, 0.5) is 13.2 Å². The number of pyridine rings is 1. The fourth-order valence-corrected chi connectivity index (χ4v) is 4.57. The zero-order chi connectivity index (χ0) is 27.9. The summed E-state index contributed by atoms with van der Waals surface area (Å²) in [6, 6.07) is 7.99. The Morgan fingerprint density at radius 3 is 2.72 bits per heavy atom. The second-order valence-electron chi connectivity index (χ2n) is 9.00. The predicted octanol–water partition coefficient (Wildman–Crippen LogP) is 3.76. The monoisotopic (exact) mass is 542 g/mol. The fourth-order valence-electron chi connectivity index (χ4n) is 4.57. The molecule has 0 saturated carbocycles. The standard InChI is InChI=1S/C28H29F3N4O4/c1-3-12-37-15-16-39-26-27(35-10-13-38-14-11-35,18-24(20(2)33-26)22-7-5-9-32-19-22)34-25(36)21-6-4-8-23(17-21)28(29,30)31/h1,4-9,17,19H,10-16,18H2,2H3,(H,34,36). The number of nitrogens with one attached hydrogen (secondary N) is 1. The van der Waals surface area contributed by atoms with E-state index < -0.39 is 23.3 Å². The highest BCUT2D eigenvalue weighted by atomic mass is 19.4. The molecule has 11 heteroatoms. The van der Waals surface area contributed by atoms with E-state index >= 15 is 0 Å². The lowest BCUT2D eigenvalue weighted by molar-refractivity contribution is -0.137. The number of ether oxygens (including phenoxy) is 3. The van der Waals surface area contributed by atoms with Gasteiger partial charge in [-0.05, 0) is 42.3 Å². The van der Waals surface area contributed by atoms with Gasteiger partial charge < -0.3 is 19.5 Å². The van der Waals surface area contributed by atoms with E-state index in [1.807, 2.05) is 17.9 Å². The van der Waals surface area contributed by atoms with Crippen molar-refractivity contribution in [3.05, 3.63) is 71.2 Å². The van der Waals surface area contributed by atoms with E-state index in [0.717, 1.165) is 23.3 Å². The molecule has 0 bridgehead atoms. The second-order valence-corrected chi connectivity index (χ2v) is 9.00. The van der Waals surface area contributed by atoms with Gasteiger partial charge >= 0.3 is 6.18 Å². The van der Waals surface area contributed by atoms with E-state index in [-0.39, 0.29) is 37.7 Å². The van der Waals surface area contributed by atoms with Gasteiger partial charge in [-0.3, -0.25) is 14.7 Å². The number of carbonyl (C=O) groups is 1. The summed E-state index contributed by atoms with van der Waals surface area (Å²) in [5.74, 6) is 1.89. The molecule has 2 aliphatic rings. The third kappa shape index (κ3) is 6.65. The number of nitrogens with zero attached hydrogens (tertiary/aromatic N) is 3. The zero-order valence-corrected chi connectivity index (χ0v) is 21.5. The first kappa shape index (κ1) is 28.3. The van der Waals surface area contributed by atoms with Crippen LogP contribution in [0.5, 0.6) is 0 Å². The van der Waals surface area contributed by atoms with Crippen molar-refractivity contribution in [1.29, 1.82) is 0 Å².